The summed E-state index contributed by atoms with van der Waals surface area (Å²) in [5, 5.41) is 12.2. The number of benzene rings is 1. The van der Waals surface area contributed by atoms with Crippen LogP contribution in [0.5, 0.6) is 0 Å². The molecule has 0 aliphatic heterocycles. The van der Waals surface area contributed by atoms with Crippen LogP contribution in [-0.2, 0) is 24.5 Å². The Morgan fingerprint density at radius 2 is 0.583 bits per heavy atom. The van der Waals surface area contributed by atoms with Crippen LogP contribution in [0, 0.1) is 0 Å². The highest BCUT2D eigenvalue weighted by Crippen LogP contribution is 2.70. The Morgan fingerprint density at radius 3 is 0.792 bits per heavy atom. The van der Waals surface area contributed by atoms with Crippen LogP contribution in [0.3, 0.4) is 0 Å². The Hall–Kier alpha value is 7.01. The summed E-state index contributed by atoms with van der Waals surface area (Å²) < 4.78 is -34.8. The number of hydrogen-bond donors (Lipinski definition) is 0. The molecule has 1 rings (SSSR count). The summed E-state index contributed by atoms with van der Waals surface area (Å²) in [6.45, 7) is -1.02. The van der Waals surface area contributed by atoms with Crippen LogP contribution < -0.4 is 0 Å². The quantitative estimate of drug-likeness (QED) is 0.197. The predicted molar refractivity (Wildman–Crippen MR) is 223 cm³/mol. The molecule has 1 nitrogen and oxygen atoms in total. The molecule has 1 aromatic carbocycles. The van der Waals surface area contributed by atoms with Crippen molar-refractivity contribution < 1.29 is 5.11 Å². The van der Waals surface area contributed by atoms with E-state index < -0.39 is 85.7 Å². The zero-order valence-electron chi connectivity index (χ0n) is 21.2. The van der Waals surface area contributed by atoms with E-state index in [-0.39, 0.29) is 0 Å². The molecule has 0 aromatic heterocycles. The minimum atomic E-state index is -3.02. The Labute approximate surface area is 410 Å². The smallest absolute Gasteiger partial charge is 0.226 e. The summed E-state index contributed by atoms with van der Waals surface area (Å²) in [5.41, 5.74) is -2.32. The molecule has 0 aliphatic carbocycles. The standard InChI is InChI=1S/C20H6Cl27O/c21-9(22,12(27,28)15(33,34)18(39,40)41)5-3-7(10(23,24)13(29,30)16(35,36)19(42,43)44)6(1-2-48)8(4-5)11(25,26)14(31,32)17(37,38)20(45,46)47/h3-4H,1-2H2. The lowest BCUT2D eigenvalue weighted by Crippen LogP contribution is -2.57. The maximum absolute atomic E-state index is 12.2. The summed E-state index contributed by atoms with van der Waals surface area (Å²) in [4.78, 5) is 0. The van der Waals surface area contributed by atoms with Gasteiger partial charge in [0.05, 0.1) is 6.61 Å². The van der Waals surface area contributed by atoms with Gasteiger partial charge in [0.1, 0.15) is 0 Å². The zero-order chi connectivity index (χ0) is 39.1. The van der Waals surface area contributed by atoms with E-state index in [2.05, 4.69) is 0 Å². The van der Waals surface area contributed by atoms with Gasteiger partial charge in [0, 0.05) is 0 Å². The molecule has 1 radical (unpaired) electrons. The fourth-order valence-electron chi connectivity index (χ4n) is 3.43. The molecule has 0 amide bonds. The molecule has 0 aliphatic rings. The average Bonchev–Trinajstić information content (AvgIpc) is 2.85. The predicted octanol–water partition coefficient (Wildman–Crippen LogP) is 17.7. The minimum absolute atomic E-state index is 0.412. The van der Waals surface area contributed by atoms with Crippen LogP contribution in [0.4, 0.5) is 0 Å². The molecule has 1 aromatic rings. The van der Waals surface area contributed by atoms with Crippen LogP contribution >= 0.6 is 313 Å². The fraction of sp³-hybridized carbons (Fsp3) is 0.700. The third-order valence-electron chi connectivity index (χ3n) is 6.08. The lowest BCUT2D eigenvalue weighted by atomic mass is 9.87. The first kappa shape index (κ1) is 53.0. The summed E-state index contributed by atoms with van der Waals surface area (Å²) in [5.74, 6) is 0. The summed E-state index contributed by atoms with van der Waals surface area (Å²) in [6, 6.07) is 1.74. The second-order valence-electron chi connectivity index (χ2n) is 9.17. The van der Waals surface area contributed by atoms with Crippen molar-refractivity contribution >= 4 is 313 Å². The second kappa shape index (κ2) is 16.8. The Morgan fingerprint density at radius 1 is 0.354 bits per heavy atom. The highest BCUT2D eigenvalue weighted by atomic mass is 35.6. The van der Waals surface area contributed by atoms with Crippen molar-refractivity contribution in [1.29, 1.82) is 0 Å². The summed E-state index contributed by atoms with van der Waals surface area (Å²) >= 11 is 171. The molecule has 48 heavy (non-hydrogen) atoms. The molecular weight excluding hydrogens is 1210 g/mol. The molecule has 0 unspecified atom stereocenters. The van der Waals surface area contributed by atoms with Gasteiger partial charge >= 0.3 is 0 Å². The fourth-order valence-corrected chi connectivity index (χ4v) is 10.2. The molecule has 28 heteroatoms. The highest BCUT2D eigenvalue weighted by molar-refractivity contribution is 6.82. The highest BCUT2D eigenvalue weighted by Gasteiger charge is 2.73. The number of alkyl halides is 27. The molecule has 0 fully saturated rings. The summed E-state index contributed by atoms with van der Waals surface area (Å²) in [7, 11) is 0. The van der Waals surface area contributed by atoms with Crippen LogP contribution in [0.15, 0.2) is 12.1 Å². The third kappa shape index (κ3) is 9.18. The second-order valence-corrected chi connectivity index (χ2v) is 28.0. The molecule has 281 valence electrons. The molecular formula is C20H6Cl27O. The van der Waals surface area contributed by atoms with Gasteiger partial charge in [-0.3, -0.25) is 0 Å². The molecule has 0 saturated heterocycles. The molecule has 0 atom stereocenters. The van der Waals surface area contributed by atoms with Crippen LogP contribution in [-0.4, -0.2) is 44.0 Å². The van der Waals surface area contributed by atoms with E-state index in [0.717, 1.165) is 12.1 Å². The van der Waals surface area contributed by atoms with Crippen LogP contribution in [0.2, 0.25) is 0 Å². The maximum atomic E-state index is 12.2. The molecule has 0 N–H and O–H groups in total. The zero-order valence-corrected chi connectivity index (χ0v) is 41.6. The maximum Gasteiger partial charge on any atom is 0.226 e. The van der Waals surface area contributed by atoms with Crippen molar-refractivity contribution in [1.82, 2.24) is 0 Å². The van der Waals surface area contributed by atoms with Gasteiger partial charge < -0.3 is 0 Å². The van der Waals surface area contributed by atoms with E-state index in [1.807, 2.05) is 0 Å². The Kier molecular flexibility index (Phi) is 18.6. The van der Waals surface area contributed by atoms with E-state index in [0.29, 0.717) is 0 Å². The molecule has 0 bridgehead atoms. The van der Waals surface area contributed by atoms with Crippen molar-refractivity contribution in [2.24, 2.45) is 0 Å². The van der Waals surface area contributed by atoms with Gasteiger partial charge in [-0.1, -0.05) is 313 Å². The van der Waals surface area contributed by atoms with Crippen molar-refractivity contribution in [2.75, 3.05) is 6.61 Å². The largest absolute Gasteiger partial charge is 0.236 e. The van der Waals surface area contributed by atoms with E-state index in [9.17, 15) is 5.11 Å². The van der Waals surface area contributed by atoms with Crippen molar-refractivity contribution in [3.63, 3.8) is 0 Å². The number of halogens is 27. The van der Waals surface area contributed by atoms with E-state index in [4.69, 9.17) is 313 Å². The number of rotatable bonds is 11. The minimum Gasteiger partial charge on any atom is -0.236 e. The van der Waals surface area contributed by atoms with Crippen LogP contribution in [0.25, 0.3) is 0 Å². The van der Waals surface area contributed by atoms with Gasteiger partial charge in [-0.2, -0.15) is 0 Å². The lowest BCUT2D eigenvalue weighted by Gasteiger charge is -2.48. The monoisotopic (exact) mass is 1210 g/mol. The van der Waals surface area contributed by atoms with E-state index >= 15 is 0 Å². The average molecular weight is 1220 g/mol. The van der Waals surface area contributed by atoms with Gasteiger partial charge in [0.2, 0.25) is 24.4 Å². The first-order valence-corrected chi connectivity index (χ1v) is 21.1. The van der Waals surface area contributed by atoms with Crippen molar-refractivity contribution in [3.8, 4) is 0 Å². The SMILES string of the molecule is [O]CCc1c(C(Cl)(Cl)C(Cl)(Cl)C(Cl)(Cl)C(Cl)(Cl)Cl)cc(C(Cl)(Cl)C(Cl)(Cl)C(Cl)(Cl)C(Cl)(Cl)Cl)cc1C(Cl)(Cl)C(Cl)(Cl)C(Cl)(Cl)C(Cl)(Cl)Cl. The lowest BCUT2D eigenvalue weighted by molar-refractivity contribution is 0.196. The van der Waals surface area contributed by atoms with Gasteiger partial charge in [-0.25, -0.2) is 5.11 Å². The van der Waals surface area contributed by atoms with Crippen molar-refractivity contribution in [2.45, 2.75) is 56.8 Å². The Balaban J connectivity index is 4.74. The topological polar surface area (TPSA) is 19.9 Å². The summed E-state index contributed by atoms with van der Waals surface area (Å²) in [6.07, 6.45) is -0.661. The normalized spacial score (nSPS) is 16.1. The molecule has 0 spiro atoms. The van der Waals surface area contributed by atoms with Crippen molar-refractivity contribution in [3.05, 3.63) is 34.4 Å². The molecule has 0 saturated carbocycles. The number of hydrogen-bond acceptors (Lipinski definition) is 0. The van der Waals surface area contributed by atoms with Gasteiger partial charge in [0.25, 0.3) is 0 Å². The van der Waals surface area contributed by atoms with Gasteiger partial charge in [0.15, 0.2) is 26.0 Å². The van der Waals surface area contributed by atoms with E-state index in [1.165, 1.54) is 0 Å². The third-order valence-corrected chi connectivity index (χ3v) is 22.4. The van der Waals surface area contributed by atoms with E-state index in [1.54, 1.807) is 0 Å². The Bertz CT molecular complexity index is 1250. The first-order chi connectivity index (χ1) is 20.5. The van der Waals surface area contributed by atoms with Crippen LogP contribution in [0.1, 0.15) is 22.3 Å². The first-order valence-electron chi connectivity index (χ1n) is 10.9. The van der Waals surface area contributed by atoms with Gasteiger partial charge in [-0.15, -0.1) is 0 Å². The molecule has 0 heterocycles. The van der Waals surface area contributed by atoms with Gasteiger partial charge in [-0.05, 0) is 40.8 Å².